The van der Waals surface area contributed by atoms with Gasteiger partial charge in [0.15, 0.2) is 0 Å². The number of nitrogens with zero attached hydrogens (tertiary/aromatic N) is 2. The summed E-state index contributed by atoms with van der Waals surface area (Å²) in [7, 11) is 0. The first-order chi connectivity index (χ1) is 9.42. The highest BCUT2D eigenvalue weighted by Crippen LogP contribution is 2.28. The predicted octanol–water partition coefficient (Wildman–Crippen LogP) is 5.00. The molecule has 0 bridgehead atoms. The maximum absolute atomic E-state index is 6.03. The summed E-state index contributed by atoms with van der Waals surface area (Å²) >= 11 is 12.1. The van der Waals surface area contributed by atoms with Gasteiger partial charge in [-0.1, -0.05) is 23.2 Å². The molecule has 0 amide bonds. The Hall–Kier alpha value is -1.19. The van der Waals surface area contributed by atoms with Crippen LogP contribution >= 0.6 is 23.2 Å². The van der Waals surface area contributed by atoms with Crippen molar-refractivity contribution in [3.63, 3.8) is 0 Å². The van der Waals surface area contributed by atoms with E-state index in [2.05, 4.69) is 31.2 Å². The van der Waals surface area contributed by atoms with E-state index in [1.807, 2.05) is 23.7 Å². The molecule has 2 rings (SSSR count). The predicted molar refractivity (Wildman–Crippen MR) is 85.9 cm³/mol. The lowest BCUT2D eigenvalue weighted by Gasteiger charge is -2.17. The van der Waals surface area contributed by atoms with Crippen molar-refractivity contribution in [1.82, 2.24) is 9.78 Å². The second-order valence-corrected chi connectivity index (χ2v) is 5.80. The van der Waals surface area contributed by atoms with Gasteiger partial charge in [-0.15, -0.1) is 0 Å². The fourth-order valence-electron chi connectivity index (χ4n) is 2.60. The minimum atomic E-state index is 0.143. The number of aryl methyl sites for hydroxylation is 2. The topological polar surface area (TPSA) is 29.9 Å². The number of rotatable bonds is 4. The Morgan fingerprint density at radius 1 is 1.20 bits per heavy atom. The average Bonchev–Trinajstić information content (AvgIpc) is 2.62. The third-order valence-electron chi connectivity index (χ3n) is 3.42. The van der Waals surface area contributed by atoms with Crippen LogP contribution in [0.2, 0.25) is 10.0 Å². The van der Waals surface area contributed by atoms with Crippen molar-refractivity contribution >= 4 is 28.9 Å². The zero-order chi connectivity index (χ0) is 14.9. The smallest absolute Gasteiger partial charge is 0.0649 e. The summed E-state index contributed by atoms with van der Waals surface area (Å²) in [6.07, 6.45) is 0. The zero-order valence-electron chi connectivity index (χ0n) is 12.2. The van der Waals surface area contributed by atoms with Gasteiger partial charge in [0.1, 0.15) is 0 Å². The molecule has 0 aliphatic carbocycles. The van der Waals surface area contributed by atoms with Crippen molar-refractivity contribution in [2.45, 2.75) is 40.3 Å². The molecule has 0 fully saturated rings. The number of hydrogen-bond donors (Lipinski definition) is 1. The molecule has 1 N–H and O–H groups in total. The Labute approximate surface area is 129 Å². The maximum atomic E-state index is 6.03. The first-order valence-corrected chi connectivity index (χ1v) is 7.44. The highest BCUT2D eigenvalue weighted by molar-refractivity contribution is 6.35. The van der Waals surface area contributed by atoms with Gasteiger partial charge in [0.25, 0.3) is 0 Å². The number of halogens is 2. The summed E-state index contributed by atoms with van der Waals surface area (Å²) in [4.78, 5) is 0. The summed E-state index contributed by atoms with van der Waals surface area (Å²) in [6.45, 7) is 9.23. The van der Waals surface area contributed by atoms with Crippen molar-refractivity contribution in [1.29, 1.82) is 0 Å². The summed E-state index contributed by atoms with van der Waals surface area (Å²) in [5, 5.41) is 9.25. The van der Waals surface area contributed by atoms with E-state index in [0.717, 1.165) is 17.9 Å². The van der Waals surface area contributed by atoms with Crippen LogP contribution in [0.3, 0.4) is 0 Å². The van der Waals surface area contributed by atoms with Crippen LogP contribution in [0, 0.1) is 13.8 Å². The summed E-state index contributed by atoms with van der Waals surface area (Å²) in [5.74, 6) is 0. The Bertz CT molecular complexity index is 600. The van der Waals surface area contributed by atoms with Gasteiger partial charge < -0.3 is 5.32 Å². The standard InChI is InChI=1S/C15H19Cl2N3/c1-5-20-11(4)15(10(3)19-20)9(2)18-14-7-12(16)6-13(17)8-14/h6-9,18H,5H2,1-4H3. The Morgan fingerprint density at radius 3 is 2.30 bits per heavy atom. The second-order valence-electron chi connectivity index (χ2n) is 4.92. The molecule has 5 heteroatoms. The third-order valence-corrected chi connectivity index (χ3v) is 3.85. The molecule has 20 heavy (non-hydrogen) atoms. The molecule has 0 aliphatic heterocycles. The average molecular weight is 312 g/mol. The normalized spacial score (nSPS) is 12.5. The van der Waals surface area contributed by atoms with Gasteiger partial charge in [0.2, 0.25) is 0 Å². The van der Waals surface area contributed by atoms with E-state index < -0.39 is 0 Å². The molecule has 0 radical (unpaired) electrons. The van der Waals surface area contributed by atoms with Crippen LogP contribution in [0.5, 0.6) is 0 Å². The van der Waals surface area contributed by atoms with E-state index in [1.165, 1.54) is 11.3 Å². The summed E-state index contributed by atoms with van der Waals surface area (Å²) in [5.41, 5.74) is 4.39. The van der Waals surface area contributed by atoms with Gasteiger partial charge in [0, 0.05) is 33.5 Å². The molecule has 0 saturated carbocycles. The molecule has 1 aromatic heterocycles. The maximum Gasteiger partial charge on any atom is 0.0649 e. The highest BCUT2D eigenvalue weighted by Gasteiger charge is 2.17. The second kappa shape index (κ2) is 6.06. The van der Waals surface area contributed by atoms with Crippen LogP contribution in [0.15, 0.2) is 18.2 Å². The van der Waals surface area contributed by atoms with Gasteiger partial charge in [0.05, 0.1) is 11.7 Å². The molecule has 1 unspecified atom stereocenters. The number of anilines is 1. The van der Waals surface area contributed by atoms with Crippen LogP contribution in [-0.4, -0.2) is 9.78 Å². The van der Waals surface area contributed by atoms with Crippen molar-refractivity contribution < 1.29 is 0 Å². The first kappa shape index (κ1) is 15.2. The Kier molecular flexibility index (Phi) is 4.61. The van der Waals surface area contributed by atoms with Gasteiger partial charge in [-0.3, -0.25) is 4.68 Å². The lowest BCUT2D eigenvalue weighted by atomic mass is 10.1. The molecule has 0 spiro atoms. The molecule has 0 saturated heterocycles. The fraction of sp³-hybridized carbons (Fsp3) is 0.400. The lowest BCUT2D eigenvalue weighted by molar-refractivity contribution is 0.632. The van der Waals surface area contributed by atoms with Gasteiger partial charge >= 0.3 is 0 Å². The molecule has 108 valence electrons. The number of hydrogen-bond acceptors (Lipinski definition) is 2. The van der Waals surface area contributed by atoms with Crippen LogP contribution < -0.4 is 5.32 Å². The van der Waals surface area contributed by atoms with Crippen molar-refractivity contribution in [3.05, 3.63) is 45.2 Å². The third kappa shape index (κ3) is 3.10. The fourth-order valence-corrected chi connectivity index (χ4v) is 3.13. The molecular formula is C15H19Cl2N3. The first-order valence-electron chi connectivity index (χ1n) is 6.69. The Morgan fingerprint density at radius 2 is 1.80 bits per heavy atom. The quantitative estimate of drug-likeness (QED) is 0.861. The number of aromatic nitrogens is 2. The molecule has 1 heterocycles. The molecular weight excluding hydrogens is 293 g/mol. The molecule has 1 aromatic carbocycles. The lowest BCUT2D eigenvalue weighted by Crippen LogP contribution is -2.09. The van der Waals surface area contributed by atoms with E-state index in [1.54, 1.807) is 6.07 Å². The van der Waals surface area contributed by atoms with E-state index >= 15 is 0 Å². The Balaban J connectivity index is 2.28. The number of benzene rings is 1. The van der Waals surface area contributed by atoms with Crippen LogP contribution in [-0.2, 0) is 6.54 Å². The van der Waals surface area contributed by atoms with Gasteiger partial charge in [-0.25, -0.2) is 0 Å². The van der Waals surface area contributed by atoms with E-state index in [4.69, 9.17) is 23.2 Å². The molecule has 3 nitrogen and oxygen atoms in total. The van der Waals surface area contributed by atoms with Crippen LogP contribution in [0.1, 0.15) is 36.8 Å². The molecule has 0 aliphatic rings. The van der Waals surface area contributed by atoms with Crippen molar-refractivity contribution in [2.75, 3.05) is 5.32 Å². The monoisotopic (exact) mass is 311 g/mol. The summed E-state index contributed by atoms with van der Waals surface area (Å²) in [6, 6.07) is 5.62. The largest absolute Gasteiger partial charge is 0.378 e. The number of nitrogens with one attached hydrogen (secondary N) is 1. The zero-order valence-corrected chi connectivity index (χ0v) is 13.7. The SMILES string of the molecule is CCn1nc(C)c(C(C)Nc2cc(Cl)cc(Cl)c2)c1C. The minimum absolute atomic E-state index is 0.143. The van der Waals surface area contributed by atoms with E-state index in [9.17, 15) is 0 Å². The van der Waals surface area contributed by atoms with Crippen LogP contribution in [0.4, 0.5) is 5.69 Å². The van der Waals surface area contributed by atoms with Crippen molar-refractivity contribution in [2.24, 2.45) is 0 Å². The molecule has 1 atom stereocenters. The molecule has 2 aromatic rings. The minimum Gasteiger partial charge on any atom is -0.378 e. The highest BCUT2D eigenvalue weighted by atomic mass is 35.5. The van der Waals surface area contributed by atoms with Gasteiger partial charge in [-0.2, -0.15) is 5.10 Å². The van der Waals surface area contributed by atoms with Crippen LogP contribution in [0.25, 0.3) is 0 Å². The van der Waals surface area contributed by atoms with Crippen molar-refractivity contribution in [3.8, 4) is 0 Å². The van der Waals surface area contributed by atoms with Gasteiger partial charge in [-0.05, 0) is 45.9 Å². The van der Waals surface area contributed by atoms with E-state index in [-0.39, 0.29) is 6.04 Å². The summed E-state index contributed by atoms with van der Waals surface area (Å²) < 4.78 is 2.02. The van der Waals surface area contributed by atoms with E-state index in [0.29, 0.717) is 10.0 Å².